The van der Waals surface area contributed by atoms with Gasteiger partial charge in [0.05, 0.1) is 11.5 Å². The monoisotopic (exact) mass is 300 g/mol. The maximum Gasteiger partial charge on any atom is 0.245 e. The van der Waals surface area contributed by atoms with E-state index in [1.54, 1.807) is 6.20 Å². The zero-order valence-corrected chi connectivity index (χ0v) is 11.0. The first kappa shape index (κ1) is 11.6. The van der Waals surface area contributed by atoms with E-state index in [4.69, 9.17) is 0 Å². The number of nitrogens with zero attached hydrogens (tertiary/aromatic N) is 2. The van der Waals surface area contributed by atoms with Crippen LogP contribution in [-0.4, -0.2) is 28.3 Å². The van der Waals surface area contributed by atoms with Gasteiger partial charge in [-0.2, -0.15) is 0 Å². The lowest BCUT2D eigenvalue weighted by Gasteiger charge is -2.24. The zero-order valence-electron chi connectivity index (χ0n) is 8.57. The maximum atomic E-state index is 11.7. The first-order valence-corrected chi connectivity index (χ1v) is 6.60. The Kier molecular flexibility index (Phi) is 3.30. The molecule has 0 radical (unpaired) electrons. The molecule has 6 heteroatoms. The largest absolute Gasteiger partial charge is 0.273 e. The molecule has 4 nitrogen and oxygen atoms in total. The molecule has 0 bridgehead atoms. The second-order valence-electron chi connectivity index (χ2n) is 3.41. The van der Waals surface area contributed by atoms with E-state index in [1.165, 1.54) is 16.7 Å². The van der Waals surface area contributed by atoms with E-state index in [0.717, 1.165) is 10.0 Å². The molecule has 0 spiro atoms. The molecular formula is C10H9BrN2O2S. The molecule has 2 heterocycles. The van der Waals surface area contributed by atoms with Crippen LogP contribution in [0, 0.1) is 6.92 Å². The molecule has 1 aliphatic heterocycles. The fourth-order valence-corrected chi connectivity index (χ4v) is 2.65. The van der Waals surface area contributed by atoms with Crippen LogP contribution >= 0.6 is 27.7 Å². The molecule has 0 aromatic carbocycles. The molecule has 0 saturated carbocycles. The zero-order chi connectivity index (χ0) is 11.7. The summed E-state index contributed by atoms with van der Waals surface area (Å²) in [7, 11) is 0. The Balaban J connectivity index is 2.42. The van der Waals surface area contributed by atoms with E-state index in [2.05, 4.69) is 20.9 Å². The second kappa shape index (κ2) is 4.55. The number of rotatable bonds is 1. The topological polar surface area (TPSA) is 50.3 Å². The SMILES string of the molecule is Cc1cc(Br)cnc1N1C(=O)CSCC1=O. The van der Waals surface area contributed by atoms with Crippen LogP contribution in [0.15, 0.2) is 16.7 Å². The van der Waals surface area contributed by atoms with E-state index < -0.39 is 0 Å². The fraction of sp³-hybridized carbons (Fsp3) is 0.300. The number of amides is 2. The second-order valence-corrected chi connectivity index (χ2v) is 5.31. The summed E-state index contributed by atoms with van der Waals surface area (Å²) in [6, 6.07) is 1.84. The van der Waals surface area contributed by atoms with Crippen molar-refractivity contribution in [2.45, 2.75) is 6.92 Å². The molecule has 0 atom stereocenters. The Morgan fingerprint density at radius 2 is 2.00 bits per heavy atom. The average molecular weight is 301 g/mol. The van der Waals surface area contributed by atoms with E-state index in [1.807, 2.05) is 13.0 Å². The molecule has 1 aromatic rings. The van der Waals surface area contributed by atoms with Gasteiger partial charge in [-0.25, -0.2) is 9.88 Å². The summed E-state index contributed by atoms with van der Waals surface area (Å²) in [5.41, 5.74) is 0.808. The number of hydrogen-bond acceptors (Lipinski definition) is 4. The summed E-state index contributed by atoms with van der Waals surface area (Å²) in [4.78, 5) is 28.7. The number of aryl methyl sites for hydroxylation is 1. The Morgan fingerprint density at radius 1 is 1.38 bits per heavy atom. The molecule has 0 N–H and O–H groups in total. The lowest BCUT2D eigenvalue weighted by atomic mass is 10.2. The van der Waals surface area contributed by atoms with Crippen LogP contribution < -0.4 is 4.90 Å². The molecule has 0 unspecified atom stereocenters. The van der Waals surface area contributed by atoms with Gasteiger partial charge in [0, 0.05) is 10.7 Å². The number of aromatic nitrogens is 1. The van der Waals surface area contributed by atoms with Crippen molar-refractivity contribution in [1.29, 1.82) is 0 Å². The molecule has 2 amide bonds. The standard InChI is InChI=1S/C10H9BrN2O2S/c1-6-2-7(11)3-12-10(6)13-8(14)4-16-5-9(13)15/h2-3H,4-5H2,1H3. The van der Waals surface area contributed by atoms with E-state index in [0.29, 0.717) is 17.3 Å². The Labute approximate surface area is 106 Å². The van der Waals surface area contributed by atoms with E-state index in [9.17, 15) is 9.59 Å². The average Bonchev–Trinajstić information content (AvgIpc) is 2.20. The van der Waals surface area contributed by atoms with Crippen molar-refractivity contribution in [3.63, 3.8) is 0 Å². The van der Waals surface area contributed by atoms with Gasteiger partial charge in [0.2, 0.25) is 11.8 Å². The minimum Gasteiger partial charge on any atom is -0.273 e. The van der Waals surface area contributed by atoms with Gasteiger partial charge >= 0.3 is 0 Å². The molecule has 1 aliphatic rings. The maximum absolute atomic E-state index is 11.7. The van der Waals surface area contributed by atoms with Gasteiger partial charge in [0.25, 0.3) is 0 Å². The van der Waals surface area contributed by atoms with Crippen LogP contribution in [-0.2, 0) is 9.59 Å². The Morgan fingerprint density at radius 3 is 2.56 bits per heavy atom. The third-order valence-electron chi connectivity index (χ3n) is 2.18. The number of anilines is 1. The molecule has 84 valence electrons. The quantitative estimate of drug-likeness (QED) is 0.742. The smallest absolute Gasteiger partial charge is 0.245 e. The molecule has 2 rings (SSSR count). The van der Waals surface area contributed by atoms with Crippen LogP contribution in [0.25, 0.3) is 0 Å². The van der Waals surface area contributed by atoms with Gasteiger partial charge < -0.3 is 0 Å². The summed E-state index contributed by atoms with van der Waals surface area (Å²) >= 11 is 4.64. The van der Waals surface area contributed by atoms with Crippen molar-refractivity contribution in [3.8, 4) is 0 Å². The summed E-state index contributed by atoms with van der Waals surface area (Å²) < 4.78 is 0.833. The van der Waals surface area contributed by atoms with E-state index in [-0.39, 0.29) is 11.8 Å². The minimum atomic E-state index is -0.195. The van der Waals surface area contributed by atoms with Crippen molar-refractivity contribution in [2.75, 3.05) is 16.4 Å². The predicted octanol–water partition coefficient (Wildman–Crippen LogP) is 1.76. The molecule has 1 fully saturated rings. The van der Waals surface area contributed by atoms with Gasteiger partial charge in [-0.3, -0.25) is 9.59 Å². The van der Waals surface area contributed by atoms with Gasteiger partial charge in [0.1, 0.15) is 5.82 Å². The van der Waals surface area contributed by atoms with Crippen molar-refractivity contribution in [2.24, 2.45) is 0 Å². The summed E-state index contributed by atoms with van der Waals surface area (Å²) in [6.07, 6.45) is 1.59. The van der Waals surface area contributed by atoms with E-state index >= 15 is 0 Å². The van der Waals surface area contributed by atoms with Gasteiger partial charge in [-0.15, -0.1) is 11.8 Å². The van der Waals surface area contributed by atoms with Crippen molar-refractivity contribution >= 4 is 45.3 Å². The Bertz CT molecular complexity index is 448. The molecule has 1 aromatic heterocycles. The number of thioether (sulfide) groups is 1. The summed E-state index contributed by atoms with van der Waals surface area (Å²) in [5, 5.41) is 0. The van der Waals surface area contributed by atoms with Gasteiger partial charge in [0.15, 0.2) is 0 Å². The van der Waals surface area contributed by atoms with Gasteiger partial charge in [-0.05, 0) is 34.5 Å². The lowest BCUT2D eigenvalue weighted by Crippen LogP contribution is -2.44. The number of hydrogen-bond donors (Lipinski definition) is 0. The molecule has 1 saturated heterocycles. The molecular weight excluding hydrogens is 292 g/mol. The number of halogens is 1. The van der Waals surface area contributed by atoms with Crippen LogP contribution in [0.1, 0.15) is 5.56 Å². The lowest BCUT2D eigenvalue weighted by molar-refractivity contribution is -0.124. The fourth-order valence-electron chi connectivity index (χ4n) is 1.50. The van der Waals surface area contributed by atoms with Crippen molar-refractivity contribution in [1.82, 2.24) is 4.98 Å². The predicted molar refractivity (Wildman–Crippen MR) is 66.5 cm³/mol. The third kappa shape index (κ3) is 2.12. The number of pyridine rings is 1. The van der Waals surface area contributed by atoms with Crippen LogP contribution in [0.5, 0.6) is 0 Å². The highest BCUT2D eigenvalue weighted by atomic mass is 79.9. The van der Waals surface area contributed by atoms with Crippen LogP contribution in [0.3, 0.4) is 0 Å². The first-order valence-electron chi connectivity index (χ1n) is 4.65. The highest BCUT2D eigenvalue weighted by Gasteiger charge is 2.29. The van der Waals surface area contributed by atoms with Gasteiger partial charge in [-0.1, -0.05) is 0 Å². The summed E-state index contributed by atoms with van der Waals surface area (Å²) in [5.74, 6) is 0.725. The normalized spacial score (nSPS) is 16.8. The highest BCUT2D eigenvalue weighted by Crippen LogP contribution is 2.24. The van der Waals surface area contributed by atoms with Crippen LogP contribution in [0.4, 0.5) is 5.82 Å². The molecule has 16 heavy (non-hydrogen) atoms. The van der Waals surface area contributed by atoms with Crippen LogP contribution in [0.2, 0.25) is 0 Å². The minimum absolute atomic E-state index is 0.195. The number of imide groups is 1. The molecule has 0 aliphatic carbocycles. The Hall–Kier alpha value is -0.880. The summed E-state index contributed by atoms with van der Waals surface area (Å²) in [6.45, 7) is 1.83. The highest BCUT2D eigenvalue weighted by molar-refractivity contribution is 9.10. The van der Waals surface area contributed by atoms with Crippen molar-refractivity contribution < 1.29 is 9.59 Å². The third-order valence-corrected chi connectivity index (χ3v) is 3.51. The number of carbonyl (C=O) groups is 2. The van der Waals surface area contributed by atoms with Crippen molar-refractivity contribution in [3.05, 3.63) is 22.3 Å². The number of carbonyl (C=O) groups excluding carboxylic acids is 2. The first-order chi connectivity index (χ1) is 7.59.